The quantitative estimate of drug-likeness (QED) is 0.879. The van der Waals surface area contributed by atoms with Crippen LogP contribution >= 0.6 is 11.6 Å². The second kappa shape index (κ2) is 6.92. The number of carbonyl (C=O) groups excluding carboxylic acids is 1. The highest BCUT2D eigenvalue weighted by Crippen LogP contribution is 2.27. The number of amides is 1. The maximum absolute atomic E-state index is 12.6. The summed E-state index contributed by atoms with van der Waals surface area (Å²) in [6.45, 7) is 5.36. The fourth-order valence-corrected chi connectivity index (χ4v) is 2.16. The molecule has 0 aliphatic carbocycles. The van der Waals surface area contributed by atoms with Crippen LogP contribution in [0.2, 0.25) is 5.02 Å². The smallest absolute Gasteiger partial charge is 0.268 e. The number of rotatable bonds is 5. The van der Waals surface area contributed by atoms with Crippen molar-refractivity contribution in [2.24, 2.45) is 0 Å². The molecule has 0 spiro atoms. The predicted molar refractivity (Wildman–Crippen MR) is 92.5 cm³/mol. The molecule has 0 atom stereocenters. The van der Waals surface area contributed by atoms with Crippen molar-refractivity contribution >= 4 is 23.2 Å². The molecule has 2 rings (SSSR count). The molecule has 0 saturated heterocycles. The monoisotopic (exact) mass is 333 g/mol. The molecule has 5 heteroatoms. The van der Waals surface area contributed by atoms with Crippen LogP contribution in [0.15, 0.2) is 42.5 Å². The van der Waals surface area contributed by atoms with Gasteiger partial charge in [-0.15, -0.1) is 0 Å². The average molecular weight is 334 g/mol. The summed E-state index contributed by atoms with van der Waals surface area (Å²) in [7, 11) is 1.57. The molecule has 0 bridgehead atoms. The van der Waals surface area contributed by atoms with E-state index in [9.17, 15) is 4.79 Å². The lowest BCUT2D eigenvalue weighted by Crippen LogP contribution is -2.42. The number of nitrogens with one attached hydrogen (secondary N) is 1. The fourth-order valence-electron chi connectivity index (χ4n) is 2.04. The second-order valence-electron chi connectivity index (χ2n) is 5.72. The van der Waals surface area contributed by atoms with Crippen molar-refractivity contribution in [3.63, 3.8) is 0 Å². The van der Waals surface area contributed by atoms with Crippen LogP contribution in [-0.2, 0) is 4.79 Å². The van der Waals surface area contributed by atoms with Crippen LogP contribution in [0.5, 0.6) is 11.5 Å². The molecule has 2 aromatic rings. The van der Waals surface area contributed by atoms with Gasteiger partial charge >= 0.3 is 0 Å². The summed E-state index contributed by atoms with van der Waals surface area (Å²) < 4.78 is 11.1. The van der Waals surface area contributed by atoms with Gasteiger partial charge in [0.05, 0.1) is 12.8 Å². The highest BCUT2D eigenvalue weighted by atomic mass is 35.5. The zero-order valence-electron chi connectivity index (χ0n) is 13.6. The van der Waals surface area contributed by atoms with Crippen LogP contribution in [-0.4, -0.2) is 18.6 Å². The predicted octanol–water partition coefficient (Wildman–Crippen LogP) is 4.45. The SMILES string of the molecule is COc1ccc(C)cc1NC(=O)C(C)(C)Oc1ccc(Cl)cc1. The standard InChI is InChI=1S/C18H20ClNO3/c1-12-5-10-16(22-4)15(11-12)20-17(21)18(2,3)23-14-8-6-13(19)7-9-14/h5-11H,1-4H3,(H,20,21). The zero-order valence-corrected chi connectivity index (χ0v) is 14.4. The largest absolute Gasteiger partial charge is 0.495 e. The fraction of sp³-hybridized carbons (Fsp3) is 0.278. The first-order valence-corrected chi connectivity index (χ1v) is 7.60. The number of hydrogen-bond donors (Lipinski definition) is 1. The van der Waals surface area contributed by atoms with Crippen LogP contribution < -0.4 is 14.8 Å². The number of carbonyl (C=O) groups is 1. The van der Waals surface area contributed by atoms with Crippen molar-refractivity contribution in [1.29, 1.82) is 0 Å². The number of halogens is 1. The Morgan fingerprint density at radius 3 is 2.39 bits per heavy atom. The van der Waals surface area contributed by atoms with E-state index in [0.717, 1.165) is 5.56 Å². The van der Waals surface area contributed by atoms with Crippen molar-refractivity contribution in [2.45, 2.75) is 26.4 Å². The van der Waals surface area contributed by atoms with Gasteiger partial charge in [-0.1, -0.05) is 17.7 Å². The molecule has 122 valence electrons. The molecule has 0 aromatic heterocycles. The Bertz CT molecular complexity index is 696. The third-order valence-electron chi connectivity index (χ3n) is 3.34. The Morgan fingerprint density at radius 2 is 1.78 bits per heavy atom. The van der Waals surface area contributed by atoms with Crippen LogP contribution in [0, 0.1) is 6.92 Å². The highest BCUT2D eigenvalue weighted by Gasteiger charge is 2.30. The zero-order chi connectivity index (χ0) is 17.0. The molecule has 4 nitrogen and oxygen atoms in total. The molecule has 0 fully saturated rings. The van der Waals surface area contributed by atoms with E-state index in [-0.39, 0.29) is 5.91 Å². The normalized spacial score (nSPS) is 11.0. The minimum Gasteiger partial charge on any atom is -0.495 e. The van der Waals surface area contributed by atoms with Gasteiger partial charge in [0.15, 0.2) is 5.60 Å². The van der Waals surface area contributed by atoms with Gasteiger partial charge in [-0.05, 0) is 62.7 Å². The average Bonchev–Trinajstić information content (AvgIpc) is 2.49. The number of aryl methyl sites for hydroxylation is 1. The second-order valence-corrected chi connectivity index (χ2v) is 6.16. The summed E-state index contributed by atoms with van der Waals surface area (Å²) in [5.74, 6) is 0.911. The van der Waals surface area contributed by atoms with E-state index in [2.05, 4.69) is 5.32 Å². The maximum atomic E-state index is 12.6. The molecule has 0 unspecified atom stereocenters. The van der Waals surface area contributed by atoms with Crippen molar-refractivity contribution in [3.8, 4) is 11.5 Å². The summed E-state index contributed by atoms with van der Waals surface area (Å²) in [5.41, 5.74) is 0.588. The lowest BCUT2D eigenvalue weighted by molar-refractivity contribution is -0.128. The number of ether oxygens (including phenoxy) is 2. The topological polar surface area (TPSA) is 47.6 Å². The summed E-state index contributed by atoms with van der Waals surface area (Å²) in [6.07, 6.45) is 0. The molecule has 1 amide bonds. The molecule has 2 aromatic carbocycles. The Kier molecular flexibility index (Phi) is 5.16. The molecule has 0 radical (unpaired) electrons. The van der Waals surface area contributed by atoms with Crippen LogP contribution in [0.3, 0.4) is 0 Å². The molecule has 0 aliphatic heterocycles. The summed E-state index contributed by atoms with van der Waals surface area (Å²) in [6, 6.07) is 12.5. The minimum atomic E-state index is -1.05. The Balaban J connectivity index is 2.15. The maximum Gasteiger partial charge on any atom is 0.268 e. The van der Waals surface area contributed by atoms with E-state index < -0.39 is 5.60 Å². The van der Waals surface area contributed by atoms with Gasteiger partial charge in [-0.2, -0.15) is 0 Å². The van der Waals surface area contributed by atoms with E-state index in [0.29, 0.717) is 22.2 Å². The van der Waals surface area contributed by atoms with Crippen molar-refractivity contribution in [3.05, 3.63) is 53.1 Å². The van der Waals surface area contributed by atoms with Crippen LogP contribution in [0.1, 0.15) is 19.4 Å². The van der Waals surface area contributed by atoms with Crippen LogP contribution in [0.4, 0.5) is 5.69 Å². The first-order valence-electron chi connectivity index (χ1n) is 7.22. The Hall–Kier alpha value is -2.20. The molecule has 23 heavy (non-hydrogen) atoms. The van der Waals surface area contributed by atoms with E-state index in [1.807, 2.05) is 25.1 Å². The third kappa shape index (κ3) is 4.39. The highest BCUT2D eigenvalue weighted by molar-refractivity contribution is 6.30. The van der Waals surface area contributed by atoms with Gasteiger partial charge in [0.1, 0.15) is 11.5 Å². The minimum absolute atomic E-state index is 0.267. The number of benzene rings is 2. The summed E-state index contributed by atoms with van der Waals surface area (Å²) in [5, 5.41) is 3.47. The summed E-state index contributed by atoms with van der Waals surface area (Å²) >= 11 is 5.85. The molecule has 1 N–H and O–H groups in total. The molecular weight excluding hydrogens is 314 g/mol. The Morgan fingerprint density at radius 1 is 1.13 bits per heavy atom. The van der Waals surface area contributed by atoms with Gasteiger partial charge in [0, 0.05) is 5.02 Å². The number of anilines is 1. The first-order chi connectivity index (χ1) is 10.8. The van der Waals surface area contributed by atoms with Crippen LogP contribution in [0.25, 0.3) is 0 Å². The molecular formula is C18H20ClNO3. The van der Waals surface area contributed by atoms with Crippen molar-refractivity contribution in [2.75, 3.05) is 12.4 Å². The van der Waals surface area contributed by atoms with E-state index in [1.165, 1.54) is 0 Å². The van der Waals surface area contributed by atoms with Gasteiger partial charge in [0.2, 0.25) is 0 Å². The molecule has 0 heterocycles. The van der Waals surface area contributed by atoms with E-state index >= 15 is 0 Å². The van der Waals surface area contributed by atoms with Gasteiger partial charge in [-0.3, -0.25) is 4.79 Å². The molecule has 0 aliphatic rings. The lowest BCUT2D eigenvalue weighted by Gasteiger charge is -2.26. The Labute approximate surface area is 141 Å². The van der Waals surface area contributed by atoms with Gasteiger partial charge in [-0.25, -0.2) is 0 Å². The van der Waals surface area contributed by atoms with Crippen molar-refractivity contribution in [1.82, 2.24) is 0 Å². The van der Waals surface area contributed by atoms with Gasteiger partial charge in [0.25, 0.3) is 5.91 Å². The number of hydrogen-bond acceptors (Lipinski definition) is 3. The molecule has 0 saturated carbocycles. The third-order valence-corrected chi connectivity index (χ3v) is 3.59. The van der Waals surface area contributed by atoms with Gasteiger partial charge < -0.3 is 14.8 Å². The van der Waals surface area contributed by atoms with E-state index in [4.69, 9.17) is 21.1 Å². The van der Waals surface area contributed by atoms with Crippen molar-refractivity contribution < 1.29 is 14.3 Å². The number of methoxy groups -OCH3 is 1. The lowest BCUT2D eigenvalue weighted by atomic mass is 10.1. The van der Waals surface area contributed by atoms with E-state index in [1.54, 1.807) is 45.2 Å². The first kappa shape index (κ1) is 17.2. The summed E-state index contributed by atoms with van der Waals surface area (Å²) in [4.78, 5) is 12.6.